The lowest BCUT2D eigenvalue weighted by Gasteiger charge is -2.07. The number of nitrogens with zero attached hydrogens (tertiary/aromatic N) is 1. The first-order valence-corrected chi connectivity index (χ1v) is 6.28. The Bertz CT molecular complexity index is 730. The van der Waals surface area contributed by atoms with Crippen molar-refractivity contribution in [2.24, 2.45) is 0 Å². The molecule has 0 saturated heterocycles. The third kappa shape index (κ3) is 3.81. The van der Waals surface area contributed by atoms with E-state index in [1.54, 1.807) is 31.2 Å². The second-order valence-electron chi connectivity index (χ2n) is 4.32. The Balaban J connectivity index is 2.19. The average Bonchev–Trinajstić information content (AvgIpc) is 2.45. The molecule has 2 aromatic rings. The summed E-state index contributed by atoms with van der Waals surface area (Å²) in [5.41, 5.74) is 1.59. The standard InChI is InChI=1S/C16H14N2O3/c1-11-10-13(20)7-8-14(11)16(21)18-15-6-2-4-12(17-15)5-3-9-19/h2,4,6-8,10,19-20H,9H2,1H3,(H,17,18,21). The van der Waals surface area contributed by atoms with Crippen LogP contribution in [-0.4, -0.2) is 27.7 Å². The highest BCUT2D eigenvalue weighted by molar-refractivity contribution is 6.04. The van der Waals surface area contributed by atoms with Gasteiger partial charge in [0, 0.05) is 5.56 Å². The van der Waals surface area contributed by atoms with Gasteiger partial charge in [0.2, 0.25) is 0 Å². The molecule has 0 radical (unpaired) electrons. The van der Waals surface area contributed by atoms with Crippen molar-refractivity contribution in [1.29, 1.82) is 0 Å². The Morgan fingerprint density at radius 3 is 2.86 bits per heavy atom. The number of benzene rings is 1. The summed E-state index contributed by atoms with van der Waals surface area (Å²) in [5.74, 6) is 5.34. The number of aliphatic hydroxyl groups is 1. The van der Waals surface area contributed by atoms with E-state index in [0.717, 1.165) is 0 Å². The molecule has 0 aliphatic carbocycles. The van der Waals surface area contributed by atoms with Gasteiger partial charge in [-0.05, 0) is 48.7 Å². The molecule has 1 aromatic carbocycles. The van der Waals surface area contributed by atoms with Gasteiger partial charge in [-0.15, -0.1) is 0 Å². The first-order valence-electron chi connectivity index (χ1n) is 6.28. The van der Waals surface area contributed by atoms with E-state index >= 15 is 0 Å². The maximum Gasteiger partial charge on any atom is 0.257 e. The summed E-state index contributed by atoms with van der Waals surface area (Å²) < 4.78 is 0. The largest absolute Gasteiger partial charge is 0.508 e. The van der Waals surface area contributed by atoms with E-state index in [0.29, 0.717) is 22.6 Å². The molecule has 0 spiro atoms. The van der Waals surface area contributed by atoms with Crippen molar-refractivity contribution < 1.29 is 15.0 Å². The number of aryl methyl sites for hydroxylation is 1. The number of nitrogens with one attached hydrogen (secondary N) is 1. The van der Waals surface area contributed by atoms with Gasteiger partial charge in [0.15, 0.2) is 0 Å². The normalized spacial score (nSPS) is 9.62. The maximum absolute atomic E-state index is 12.2. The SMILES string of the molecule is Cc1cc(O)ccc1C(=O)Nc1cccc(C#CCO)n1. The third-order valence-electron chi connectivity index (χ3n) is 2.74. The molecule has 106 valence electrons. The molecule has 5 heteroatoms. The molecule has 0 bridgehead atoms. The number of aromatic nitrogens is 1. The molecule has 1 aromatic heterocycles. The number of hydrogen-bond acceptors (Lipinski definition) is 4. The molecular weight excluding hydrogens is 268 g/mol. The molecule has 0 aliphatic rings. The first kappa shape index (κ1) is 14.6. The van der Waals surface area contributed by atoms with Crippen LogP contribution in [0, 0.1) is 18.8 Å². The number of carbonyl (C=O) groups excluding carboxylic acids is 1. The summed E-state index contributed by atoms with van der Waals surface area (Å²) in [4.78, 5) is 16.3. The van der Waals surface area contributed by atoms with Crippen LogP contribution in [0.3, 0.4) is 0 Å². The summed E-state index contributed by atoms with van der Waals surface area (Å²) in [6.07, 6.45) is 0. The summed E-state index contributed by atoms with van der Waals surface area (Å²) in [6, 6.07) is 9.58. The Morgan fingerprint density at radius 2 is 2.14 bits per heavy atom. The predicted octanol–water partition coefficient (Wildman–Crippen LogP) is 1.69. The Labute approximate surface area is 122 Å². The lowest BCUT2D eigenvalue weighted by Crippen LogP contribution is -2.14. The quantitative estimate of drug-likeness (QED) is 0.732. The molecule has 0 saturated carbocycles. The second kappa shape index (κ2) is 6.55. The van der Waals surface area contributed by atoms with E-state index in [4.69, 9.17) is 5.11 Å². The van der Waals surface area contributed by atoms with E-state index in [9.17, 15) is 9.90 Å². The molecule has 2 rings (SSSR count). The number of anilines is 1. The Morgan fingerprint density at radius 1 is 1.33 bits per heavy atom. The minimum Gasteiger partial charge on any atom is -0.508 e. The molecule has 1 heterocycles. The smallest absolute Gasteiger partial charge is 0.257 e. The average molecular weight is 282 g/mol. The van der Waals surface area contributed by atoms with Gasteiger partial charge in [0.05, 0.1) is 0 Å². The Hall–Kier alpha value is -2.84. The monoisotopic (exact) mass is 282 g/mol. The van der Waals surface area contributed by atoms with Gasteiger partial charge in [-0.2, -0.15) is 0 Å². The highest BCUT2D eigenvalue weighted by atomic mass is 16.3. The lowest BCUT2D eigenvalue weighted by molar-refractivity contribution is 0.102. The van der Waals surface area contributed by atoms with Crippen LogP contribution in [0.4, 0.5) is 5.82 Å². The van der Waals surface area contributed by atoms with Crippen LogP contribution < -0.4 is 5.32 Å². The van der Waals surface area contributed by atoms with Gasteiger partial charge in [0.1, 0.15) is 23.9 Å². The fourth-order valence-corrected chi connectivity index (χ4v) is 1.79. The van der Waals surface area contributed by atoms with E-state index in [2.05, 4.69) is 22.1 Å². The van der Waals surface area contributed by atoms with Gasteiger partial charge < -0.3 is 15.5 Å². The second-order valence-corrected chi connectivity index (χ2v) is 4.32. The van der Waals surface area contributed by atoms with Crippen LogP contribution in [0.5, 0.6) is 5.75 Å². The van der Waals surface area contributed by atoms with Crippen molar-refractivity contribution in [2.75, 3.05) is 11.9 Å². The minimum atomic E-state index is -0.313. The van der Waals surface area contributed by atoms with E-state index in [1.807, 2.05) is 0 Å². The van der Waals surface area contributed by atoms with E-state index in [-0.39, 0.29) is 18.3 Å². The molecule has 0 aliphatic heterocycles. The topological polar surface area (TPSA) is 82.5 Å². The van der Waals surface area contributed by atoms with Crippen LogP contribution in [0.15, 0.2) is 36.4 Å². The zero-order valence-corrected chi connectivity index (χ0v) is 11.4. The number of phenolic OH excluding ortho intramolecular Hbond substituents is 1. The lowest BCUT2D eigenvalue weighted by atomic mass is 10.1. The molecule has 0 fully saturated rings. The van der Waals surface area contributed by atoms with Crippen molar-refractivity contribution in [3.8, 4) is 17.6 Å². The molecule has 21 heavy (non-hydrogen) atoms. The van der Waals surface area contributed by atoms with Crippen LogP contribution >= 0.6 is 0 Å². The van der Waals surface area contributed by atoms with E-state index < -0.39 is 0 Å². The highest BCUT2D eigenvalue weighted by Crippen LogP contribution is 2.17. The summed E-state index contributed by atoms with van der Waals surface area (Å²) in [7, 11) is 0. The minimum absolute atomic E-state index is 0.114. The van der Waals surface area contributed by atoms with Crippen molar-refractivity contribution in [3.05, 3.63) is 53.2 Å². The number of aliphatic hydroxyl groups excluding tert-OH is 1. The number of amides is 1. The predicted molar refractivity (Wildman–Crippen MR) is 79.0 cm³/mol. The molecule has 3 N–H and O–H groups in total. The first-order chi connectivity index (χ1) is 10.1. The van der Waals surface area contributed by atoms with Crippen molar-refractivity contribution >= 4 is 11.7 Å². The van der Waals surface area contributed by atoms with E-state index in [1.165, 1.54) is 12.1 Å². The number of rotatable bonds is 2. The van der Waals surface area contributed by atoms with Gasteiger partial charge >= 0.3 is 0 Å². The number of pyridine rings is 1. The van der Waals surface area contributed by atoms with Crippen LogP contribution in [-0.2, 0) is 0 Å². The maximum atomic E-state index is 12.2. The van der Waals surface area contributed by atoms with Gasteiger partial charge in [-0.25, -0.2) is 4.98 Å². The van der Waals surface area contributed by atoms with Crippen molar-refractivity contribution in [2.45, 2.75) is 6.92 Å². The number of phenols is 1. The number of carbonyl (C=O) groups is 1. The Kier molecular flexibility index (Phi) is 4.54. The fourth-order valence-electron chi connectivity index (χ4n) is 1.79. The number of hydrogen-bond donors (Lipinski definition) is 3. The molecule has 0 unspecified atom stereocenters. The number of aromatic hydroxyl groups is 1. The third-order valence-corrected chi connectivity index (χ3v) is 2.74. The van der Waals surface area contributed by atoms with Crippen LogP contribution in [0.2, 0.25) is 0 Å². The van der Waals surface area contributed by atoms with Crippen LogP contribution in [0.25, 0.3) is 0 Å². The molecule has 0 atom stereocenters. The zero-order chi connectivity index (χ0) is 15.2. The summed E-state index contributed by atoms with van der Waals surface area (Å²) in [6.45, 7) is 1.50. The highest BCUT2D eigenvalue weighted by Gasteiger charge is 2.10. The van der Waals surface area contributed by atoms with Crippen LogP contribution in [0.1, 0.15) is 21.6 Å². The molecular formula is C16H14N2O3. The van der Waals surface area contributed by atoms with Gasteiger partial charge in [-0.3, -0.25) is 4.79 Å². The van der Waals surface area contributed by atoms with Gasteiger partial charge in [0.25, 0.3) is 5.91 Å². The van der Waals surface area contributed by atoms with Crippen molar-refractivity contribution in [3.63, 3.8) is 0 Å². The summed E-state index contributed by atoms with van der Waals surface area (Å²) in [5, 5.41) is 20.7. The van der Waals surface area contributed by atoms with Gasteiger partial charge in [-0.1, -0.05) is 12.0 Å². The molecule has 5 nitrogen and oxygen atoms in total. The zero-order valence-electron chi connectivity index (χ0n) is 11.4. The van der Waals surface area contributed by atoms with Crippen molar-refractivity contribution in [1.82, 2.24) is 4.98 Å². The summed E-state index contributed by atoms with van der Waals surface area (Å²) >= 11 is 0. The fraction of sp³-hybridized carbons (Fsp3) is 0.125. The molecule has 1 amide bonds.